The van der Waals surface area contributed by atoms with Crippen molar-refractivity contribution in [1.29, 1.82) is 0 Å². The van der Waals surface area contributed by atoms with Gasteiger partial charge in [0.05, 0.1) is 24.6 Å². The topological polar surface area (TPSA) is 78.2 Å². The summed E-state index contributed by atoms with van der Waals surface area (Å²) in [5.41, 5.74) is 3.09. The third kappa shape index (κ3) is 3.37. The van der Waals surface area contributed by atoms with Gasteiger partial charge >= 0.3 is 0 Å². The van der Waals surface area contributed by atoms with Crippen molar-refractivity contribution in [1.82, 2.24) is 19.4 Å². The zero-order chi connectivity index (χ0) is 22.1. The second-order valence-corrected chi connectivity index (χ2v) is 7.64. The number of imide groups is 1. The normalized spacial score (nSPS) is 13.8. The van der Waals surface area contributed by atoms with E-state index in [4.69, 9.17) is 4.74 Å². The minimum absolute atomic E-state index is 0.341. The number of nitrogens with zero attached hydrogens (tertiary/aromatic N) is 3. The van der Waals surface area contributed by atoms with Gasteiger partial charge in [-0.1, -0.05) is 36.4 Å². The van der Waals surface area contributed by atoms with Crippen LogP contribution in [-0.4, -0.2) is 33.0 Å². The van der Waals surface area contributed by atoms with Crippen LogP contribution in [0.4, 0.5) is 0 Å². The number of benzene rings is 2. The summed E-state index contributed by atoms with van der Waals surface area (Å²) < 4.78 is 9.65. The third-order valence-electron chi connectivity index (χ3n) is 5.74. The van der Waals surface area contributed by atoms with Crippen LogP contribution in [0.2, 0.25) is 0 Å². The van der Waals surface area contributed by atoms with Gasteiger partial charge in [-0.15, -0.1) is 0 Å². The molecule has 0 saturated heterocycles. The maximum Gasteiger partial charge on any atom is 0.259 e. The molecule has 1 aliphatic rings. The lowest BCUT2D eigenvalue weighted by atomic mass is 9.95. The Balaban J connectivity index is 1.61. The van der Waals surface area contributed by atoms with Crippen molar-refractivity contribution >= 4 is 33.9 Å². The number of rotatable bonds is 7. The van der Waals surface area contributed by atoms with Crippen molar-refractivity contribution in [2.75, 3.05) is 7.11 Å². The summed E-state index contributed by atoms with van der Waals surface area (Å²) >= 11 is 0. The summed E-state index contributed by atoms with van der Waals surface area (Å²) in [6.07, 6.45) is 8.39. The number of para-hydroxylation sites is 2. The zero-order valence-corrected chi connectivity index (χ0v) is 17.6. The van der Waals surface area contributed by atoms with Crippen LogP contribution >= 0.6 is 0 Å². The van der Waals surface area contributed by atoms with Gasteiger partial charge in [-0.05, 0) is 18.6 Å². The Morgan fingerprint density at radius 2 is 1.69 bits per heavy atom. The highest BCUT2D eigenvalue weighted by Crippen LogP contribution is 2.38. The van der Waals surface area contributed by atoms with E-state index in [9.17, 15) is 9.59 Å². The van der Waals surface area contributed by atoms with Crippen LogP contribution < -0.4 is 10.1 Å². The first-order valence-corrected chi connectivity index (χ1v) is 10.4. The molecule has 5 rings (SSSR count). The number of amides is 2. The van der Waals surface area contributed by atoms with E-state index in [1.54, 1.807) is 31.8 Å². The fourth-order valence-electron chi connectivity index (χ4n) is 4.29. The fourth-order valence-corrected chi connectivity index (χ4v) is 4.29. The van der Waals surface area contributed by atoms with Crippen LogP contribution in [0.1, 0.15) is 17.5 Å². The van der Waals surface area contributed by atoms with Crippen molar-refractivity contribution in [3.8, 4) is 5.75 Å². The minimum atomic E-state index is -0.411. The maximum atomic E-state index is 12.9. The van der Waals surface area contributed by atoms with Gasteiger partial charge in [-0.25, -0.2) is 4.98 Å². The number of hydrogen-bond donors (Lipinski definition) is 1. The molecule has 160 valence electrons. The zero-order valence-electron chi connectivity index (χ0n) is 17.6. The van der Waals surface area contributed by atoms with E-state index in [0.717, 1.165) is 36.0 Å². The lowest BCUT2D eigenvalue weighted by Gasteiger charge is -2.09. The van der Waals surface area contributed by atoms with E-state index in [0.29, 0.717) is 22.5 Å². The Bertz CT molecular complexity index is 1350. The van der Waals surface area contributed by atoms with Gasteiger partial charge in [-0.3, -0.25) is 14.9 Å². The van der Waals surface area contributed by atoms with E-state index < -0.39 is 11.8 Å². The Hall–Kier alpha value is -4.13. The molecular formula is C25H22N4O3. The third-order valence-corrected chi connectivity index (χ3v) is 5.74. The number of methoxy groups -OCH3 is 1. The van der Waals surface area contributed by atoms with Gasteiger partial charge < -0.3 is 13.9 Å². The van der Waals surface area contributed by atoms with Crippen molar-refractivity contribution < 1.29 is 14.3 Å². The highest BCUT2D eigenvalue weighted by atomic mass is 16.5. The predicted molar refractivity (Wildman–Crippen MR) is 122 cm³/mol. The van der Waals surface area contributed by atoms with Crippen LogP contribution in [0.3, 0.4) is 0 Å². The molecule has 0 fully saturated rings. The molecule has 1 N–H and O–H groups in total. The summed E-state index contributed by atoms with van der Waals surface area (Å²) in [6.45, 7) is 1.61. The quantitative estimate of drug-likeness (QED) is 0.459. The van der Waals surface area contributed by atoms with Gasteiger partial charge in [0, 0.05) is 53.7 Å². The summed E-state index contributed by atoms with van der Waals surface area (Å²) in [5.74, 6) is -0.252. The number of imidazole rings is 1. The summed E-state index contributed by atoms with van der Waals surface area (Å²) in [7, 11) is 1.56. The molecule has 7 heteroatoms. The highest BCUT2D eigenvalue weighted by molar-refractivity contribution is 6.50. The van der Waals surface area contributed by atoms with E-state index in [-0.39, 0.29) is 0 Å². The van der Waals surface area contributed by atoms with E-state index in [1.165, 1.54) is 0 Å². The molecule has 4 aromatic rings. The molecule has 0 aliphatic carbocycles. The smallest absolute Gasteiger partial charge is 0.259 e. The molecule has 0 atom stereocenters. The summed E-state index contributed by atoms with van der Waals surface area (Å²) in [4.78, 5) is 29.8. The Kier molecular flexibility index (Phi) is 5.07. The molecule has 0 unspecified atom stereocenters. The van der Waals surface area contributed by atoms with Crippen LogP contribution in [0.5, 0.6) is 5.75 Å². The molecule has 3 heterocycles. The number of carbonyl (C=O) groups is 2. The van der Waals surface area contributed by atoms with Gasteiger partial charge in [-0.2, -0.15) is 0 Å². The van der Waals surface area contributed by atoms with Crippen LogP contribution in [0.15, 0.2) is 73.4 Å². The van der Waals surface area contributed by atoms with Crippen LogP contribution in [-0.2, 0) is 22.7 Å². The average molecular weight is 426 g/mol. The first-order chi connectivity index (χ1) is 15.7. The molecule has 0 bridgehead atoms. The standard InChI is InChI=1S/C25H22N4O3/c1-32-21-10-5-3-8-18(21)22-23(25(31)27-24(22)30)19-15-29(20-9-4-2-7-17(19)20)13-6-12-28-14-11-26-16-28/h2-5,7-11,14-16H,6,12-13H2,1H3,(H,27,30,31). The molecular weight excluding hydrogens is 404 g/mol. The van der Waals surface area contributed by atoms with E-state index in [1.807, 2.05) is 53.4 Å². The fraction of sp³-hybridized carbons (Fsp3) is 0.160. The monoisotopic (exact) mass is 426 g/mol. The second kappa shape index (κ2) is 8.19. The number of nitrogens with one attached hydrogen (secondary N) is 1. The largest absolute Gasteiger partial charge is 0.496 e. The van der Waals surface area contributed by atoms with Crippen molar-refractivity contribution in [3.63, 3.8) is 0 Å². The SMILES string of the molecule is COc1ccccc1C1=C(c2cn(CCCn3ccnc3)c3ccccc23)C(=O)NC1=O. The molecule has 1 aliphatic heterocycles. The van der Waals surface area contributed by atoms with Crippen molar-refractivity contribution in [3.05, 3.63) is 84.6 Å². The first kappa shape index (κ1) is 19.8. The lowest BCUT2D eigenvalue weighted by Crippen LogP contribution is -2.22. The molecule has 0 saturated carbocycles. The van der Waals surface area contributed by atoms with Gasteiger partial charge in [0.25, 0.3) is 11.8 Å². The molecule has 7 nitrogen and oxygen atoms in total. The maximum absolute atomic E-state index is 12.9. The van der Waals surface area contributed by atoms with Gasteiger partial charge in [0.2, 0.25) is 0 Å². The first-order valence-electron chi connectivity index (χ1n) is 10.4. The highest BCUT2D eigenvalue weighted by Gasteiger charge is 2.35. The predicted octanol–water partition coefficient (Wildman–Crippen LogP) is 3.50. The number of aryl methyl sites for hydroxylation is 2. The van der Waals surface area contributed by atoms with Crippen LogP contribution in [0, 0.1) is 0 Å². The average Bonchev–Trinajstić information content (AvgIpc) is 3.52. The molecule has 2 amide bonds. The van der Waals surface area contributed by atoms with Crippen molar-refractivity contribution in [2.45, 2.75) is 19.5 Å². The van der Waals surface area contributed by atoms with Gasteiger partial charge in [0.15, 0.2) is 0 Å². The molecule has 0 radical (unpaired) electrons. The minimum Gasteiger partial charge on any atom is -0.496 e. The van der Waals surface area contributed by atoms with E-state index in [2.05, 4.69) is 14.9 Å². The Labute approximate surface area is 184 Å². The molecule has 2 aromatic carbocycles. The second-order valence-electron chi connectivity index (χ2n) is 7.64. The number of ether oxygens (including phenoxy) is 1. The number of carbonyl (C=O) groups excluding carboxylic acids is 2. The lowest BCUT2D eigenvalue weighted by molar-refractivity contribution is -0.122. The number of fused-ring (bicyclic) bond motifs is 1. The Morgan fingerprint density at radius 3 is 2.47 bits per heavy atom. The molecule has 0 spiro atoms. The summed E-state index contributed by atoms with van der Waals surface area (Å²) in [5, 5.41) is 3.41. The van der Waals surface area contributed by atoms with Crippen LogP contribution in [0.25, 0.3) is 22.0 Å². The van der Waals surface area contributed by atoms with Crippen molar-refractivity contribution in [2.24, 2.45) is 0 Å². The Morgan fingerprint density at radius 1 is 0.938 bits per heavy atom. The van der Waals surface area contributed by atoms with Gasteiger partial charge in [0.1, 0.15) is 5.75 Å². The molecule has 2 aromatic heterocycles. The van der Waals surface area contributed by atoms with E-state index >= 15 is 0 Å². The summed E-state index contributed by atoms with van der Waals surface area (Å²) in [6, 6.07) is 15.2. The molecule has 32 heavy (non-hydrogen) atoms. The number of aromatic nitrogens is 3. The number of hydrogen-bond acceptors (Lipinski definition) is 4.